The lowest BCUT2D eigenvalue weighted by atomic mass is 10.1. The first-order valence-electron chi connectivity index (χ1n) is 9.58. The summed E-state index contributed by atoms with van der Waals surface area (Å²) >= 11 is 6.16. The van der Waals surface area contributed by atoms with Crippen molar-refractivity contribution in [2.45, 2.75) is 20.0 Å². The number of carbonyl (C=O) groups excluding carboxylic acids is 1. The smallest absolute Gasteiger partial charge is 0.265 e. The van der Waals surface area contributed by atoms with E-state index < -0.39 is 5.91 Å². The van der Waals surface area contributed by atoms with Crippen LogP contribution in [-0.2, 0) is 13.1 Å². The summed E-state index contributed by atoms with van der Waals surface area (Å²) in [5, 5.41) is 4.10. The van der Waals surface area contributed by atoms with Gasteiger partial charge in [0.1, 0.15) is 11.2 Å². The molecular formula is C24H20ClN3O2. The quantitative estimate of drug-likeness (QED) is 0.525. The zero-order chi connectivity index (χ0) is 21.1. The van der Waals surface area contributed by atoms with Gasteiger partial charge in [-0.25, -0.2) is 4.98 Å². The fourth-order valence-corrected chi connectivity index (χ4v) is 3.51. The molecule has 4 aromatic rings. The highest BCUT2D eigenvalue weighted by atomic mass is 35.5. The Bertz CT molecular complexity index is 1280. The maximum atomic E-state index is 13.2. The van der Waals surface area contributed by atoms with Crippen molar-refractivity contribution < 1.29 is 4.79 Å². The second-order valence-corrected chi connectivity index (χ2v) is 7.53. The van der Waals surface area contributed by atoms with E-state index in [1.165, 1.54) is 0 Å². The van der Waals surface area contributed by atoms with Crippen LogP contribution in [0, 0.1) is 6.92 Å². The highest BCUT2D eigenvalue weighted by molar-refractivity contribution is 6.31. The number of halogens is 1. The first-order valence-corrected chi connectivity index (χ1v) is 9.96. The molecule has 30 heavy (non-hydrogen) atoms. The molecule has 0 spiro atoms. The molecule has 2 aromatic carbocycles. The number of benzene rings is 2. The molecule has 1 amide bonds. The summed E-state index contributed by atoms with van der Waals surface area (Å²) in [5.74, 6) is -0.441. The molecule has 1 N–H and O–H groups in total. The van der Waals surface area contributed by atoms with E-state index in [-0.39, 0.29) is 17.7 Å². The van der Waals surface area contributed by atoms with Gasteiger partial charge in [0, 0.05) is 23.2 Å². The van der Waals surface area contributed by atoms with Gasteiger partial charge in [0.25, 0.3) is 11.5 Å². The Morgan fingerprint density at radius 3 is 2.60 bits per heavy atom. The molecule has 6 heteroatoms. The molecule has 0 aliphatic carbocycles. The Morgan fingerprint density at radius 1 is 1.07 bits per heavy atom. The summed E-state index contributed by atoms with van der Waals surface area (Å²) in [7, 11) is 0. The molecule has 0 atom stereocenters. The zero-order valence-electron chi connectivity index (χ0n) is 16.4. The average Bonchev–Trinajstić information content (AvgIpc) is 2.76. The van der Waals surface area contributed by atoms with E-state index in [0.29, 0.717) is 17.2 Å². The van der Waals surface area contributed by atoms with Gasteiger partial charge in [0.2, 0.25) is 0 Å². The van der Waals surface area contributed by atoms with Crippen molar-refractivity contribution in [2.75, 3.05) is 0 Å². The molecule has 0 aliphatic heterocycles. The van der Waals surface area contributed by atoms with Crippen molar-refractivity contribution >= 4 is 28.5 Å². The molecule has 0 saturated heterocycles. The van der Waals surface area contributed by atoms with E-state index in [9.17, 15) is 9.59 Å². The second-order valence-electron chi connectivity index (χ2n) is 7.13. The van der Waals surface area contributed by atoms with Gasteiger partial charge in [-0.1, -0.05) is 59.6 Å². The number of hydrogen-bond donors (Lipinski definition) is 1. The molecule has 0 bridgehead atoms. The molecule has 150 valence electrons. The Labute approximate surface area is 179 Å². The van der Waals surface area contributed by atoms with Crippen molar-refractivity contribution in [3.8, 4) is 0 Å². The molecule has 2 heterocycles. The number of aromatic nitrogens is 2. The number of pyridine rings is 2. The lowest BCUT2D eigenvalue weighted by molar-refractivity contribution is 0.0949. The number of nitrogens with zero attached hydrogens (tertiary/aromatic N) is 2. The number of aryl methyl sites for hydroxylation is 1. The van der Waals surface area contributed by atoms with E-state index in [0.717, 1.165) is 22.1 Å². The summed E-state index contributed by atoms with van der Waals surface area (Å²) in [6.07, 6.45) is 1.64. The van der Waals surface area contributed by atoms with Crippen LogP contribution in [0.2, 0.25) is 5.02 Å². The van der Waals surface area contributed by atoms with Crippen molar-refractivity contribution in [1.82, 2.24) is 14.9 Å². The fourth-order valence-electron chi connectivity index (χ4n) is 3.30. The first kappa shape index (κ1) is 19.9. The Balaban J connectivity index is 1.70. The molecule has 2 aromatic heterocycles. The van der Waals surface area contributed by atoms with Crippen LogP contribution in [0.1, 0.15) is 27.0 Å². The Hall–Kier alpha value is -3.44. The number of hydrogen-bond acceptors (Lipinski definition) is 3. The van der Waals surface area contributed by atoms with Gasteiger partial charge in [0.05, 0.1) is 6.54 Å². The van der Waals surface area contributed by atoms with E-state index in [1.807, 2.05) is 55.5 Å². The van der Waals surface area contributed by atoms with Crippen LogP contribution in [0.5, 0.6) is 0 Å². The average molecular weight is 418 g/mol. The zero-order valence-corrected chi connectivity index (χ0v) is 17.2. The van der Waals surface area contributed by atoms with Gasteiger partial charge in [0.15, 0.2) is 0 Å². The maximum Gasteiger partial charge on any atom is 0.265 e. The van der Waals surface area contributed by atoms with Crippen LogP contribution < -0.4 is 10.9 Å². The molecule has 5 nitrogen and oxygen atoms in total. The van der Waals surface area contributed by atoms with Gasteiger partial charge in [-0.15, -0.1) is 0 Å². The predicted octanol–water partition coefficient (Wildman–Crippen LogP) is 4.34. The third-order valence-corrected chi connectivity index (χ3v) is 5.32. The van der Waals surface area contributed by atoms with E-state index in [2.05, 4.69) is 10.3 Å². The minimum atomic E-state index is -0.441. The van der Waals surface area contributed by atoms with Crippen LogP contribution in [0.15, 0.2) is 77.7 Å². The first-order chi connectivity index (χ1) is 14.5. The highest BCUT2D eigenvalue weighted by Gasteiger charge is 2.17. The summed E-state index contributed by atoms with van der Waals surface area (Å²) in [4.78, 5) is 30.4. The molecular weight excluding hydrogens is 398 g/mol. The van der Waals surface area contributed by atoms with Gasteiger partial charge in [-0.3, -0.25) is 14.2 Å². The number of amides is 1. The predicted molar refractivity (Wildman–Crippen MR) is 119 cm³/mol. The Kier molecular flexibility index (Phi) is 5.63. The number of nitrogens with one attached hydrogen (secondary N) is 1. The minimum absolute atomic E-state index is 0.0784. The molecule has 0 unspecified atom stereocenters. The van der Waals surface area contributed by atoms with Crippen LogP contribution in [-0.4, -0.2) is 15.5 Å². The normalized spacial score (nSPS) is 10.9. The summed E-state index contributed by atoms with van der Waals surface area (Å²) in [6.45, 7) is 2.58. The van der Waals surface area contributed by atoms with Gasteiger partial charge in [-0.05, 0) is 42.3 Å². The van der Waals surface area contributed by atoms with Gasteiger partial charge >= 0.3 is 0 Å². The third-order valence-electron chi connectivity index (χ3n) is 4.95. The second kappa shape index (κ2) is 8.51. The van der Waals surface area contributed by atoms with Crippen molar-refractivity contribution in [3.05, 3.63) is 111 Å². The molecule has 0 fully saturated rings. The topological polar surface area (TPSA) is 64.0 Å². The Morgan fingerprint density at radius 2 is 1.83 bits per heavy atom. The number of rotatable bonds is 5. The summed E-state index contributed by atoms with van der Waals surface area (Å²) in [5.41, 5.74) is 3.14. The highest BCUT2D eigenvalue weighted by Crippen LogP contribution is 2.16. The van der Waals surface area contributed by atoms with Gasteiger partial charge in [-0.2, -0.15) is 0 Å². The van der Waals surface area contributed by atoms with Gasteiger partial charge < -0.3 is 5.32 Å². The standard InChI is InChI=1S/C24H20ClN3O2/c1-16-8-10-17(11-9-16)15-28-22-18(6-4-12-26-22)13-20(24(28)30)23(29)27-14-19-5-2-3-7-21(19)25/h2-13H,14-15H2,1H3,(H,27,29). The minimum Gasteiger partial charge on any atom is -0.348 e. The maximum absolute atomic E-state index is 13.2. The summed E-state index contributed by atoms with van der Waals surface area (Å²) in [6, 6.07) is 20.4. The lowest BCUT2D eigenvalue weighted by Crippen LogP contribution is -2.33. The monoisotopic (exact) mass is 417 g/mol. The van der Waals surface area contributed by atoms with E-state index in [4.69, 9.17) is 11.6 Å². The van der Waals surface area contributed by atoms with Crippen molar-refractivity contribution in [1.29, 1.82) is 0 Å². The molecule has 0 radical (unpaired) electrons. The molecule has 4 rings (SSSR count). The molecule has 0 saturated carbocycles. The SMILES string of the molecule is Cc1ccc(Cn2c(=O)c(C(=O)NCc3ccccc3Cl)cc3cccnc32)cc1. The van der Waals surface area contributed by atoms with Crippen LogP contribution in [0.4, 0.5) is 0 Å². The van der Waals surface area contributed by atoms with Crippen LogP contribution in [0.3, 0.4) is 0 Å². The van der Waals surface area contributed by atoms with Crippen LogP contribution >= 0.6 is 11.6 Å². The number of fused-ring (bicyclic) bond motifs is 1. The third kappa shape index (κ3) is 4.11. The van der Waals surface area contributed by atoms with Crippen molar-refractivity contribution in [2.24, 2.45) is 0 Å². The lowest BCUT2D eigenvalue weighted by Gasteiger charge is -2.13. The number of carbonyl (C=O) groups is 1. The van der Waals surface area contributed by atoms with Crippen molar-refractivity contribution in [3.63, 3.8) is 0 Å². The fraction of sp³-hybridized carbons (Fsp3) is 0.125. The molecule has 0 aliphatic rings. The van der Waals surface area contributed by atoms with E-state index in [1.54, 1.807) is 29.0 Å². The van der Waals surface area contributed by atoms with Crippen LogP contribution in [0.25, 0.3) is 11.0 Å². The summed E-state index contributed by atoms with van der Waals surface area (Å²) < 4.78 is 1.55. The largest absolute Gasteiger partial charge is 0.348 e. The van der Waals surface area contributed by atoms with E-state index >= 15 is 0 Å².